The van der Waals surface area contributed by atoms with E-state index in [-0.39, 0.29) is 43.9 Å². The second-order valence-electron chi connectivity index (χ2n) is 13.3. The molecule has 48 heavy (non-hydrogen) atoms. The SMILES string of the molecule is C=CCCC(=O)OC[C@@H](NC(=O)[C@@H]1[C@H]2C(=O)N([C@@H](CO)C(C)C)[C@H](C(=O)N(CC=C)Cc3ccccc3)[C@]23CC[C@H]1O3)c1ccccc1. The number of nitrogens with zero attached hydrogens (tertiary/aromatic N) is 2. The highest BCUT2D eigenvalue weighted by Crippen LogP contribution is 2.59. The quantitative estimate of drug-likeness (QED) is 0.207. The Morgan fingerprint density at radius 2 is 1.79 bits per heavy atom. The van der Waals surface area contributed by atoms with Crippen molar-refractivity contribution in [2.45, 2.75) is 75.9 Å². The Kier molecular flexibility index (Phi) is 11.2. The van der Waals surface area contributed by atoms with Crippen LogP contribution in [0.5, 0.6) is 0 Å². The Balaban J connectivity index is 1.47. The largest absolute Gasteiger partial charge is 0.463 e. The van der Waals surface area contributed by atoms with Crippen molar-refractivity contribution in [2.75, 3.05) is 19.8 Å². The lowest BCUT2D eigenvalue weighted by atomic mass is 9.70. The summed E-state index contributed by atoms with van der Waals surface area (Å²) in [4.78, 5) is 59.1. The van der Waals surface area contributed by atoms with Crippen LogP contribution in [0.3, 0.4) is 0 Å². The molecule has 1 spiro atoms. The van der Waals surface area contributed by atoms with Gasteiger partial charge < -0.3 is 29.7 Å². The molecular weight excluding hydrogens is 610 g/mol. The first-order valence-electron chi connectivity index (χ1n) is 16.8. The van der Waals surface area contributed by atoms with Gasteiger partial charge in [0.15, 0.2) is 0 Å². The first-order valence-corrected chi connectivity index (χ1v) is 16.8. The molecule has 3 amide bonds. The van der Waals surface area contributed by atoms with Gasteiger partial charge in [-0.15, -0.1) is 13.2 Å². The number of carbonyl (C=O) groups is 4. The zero-order valence-corrected chi connectivity index (χ0v) is 27.8. The standard InChI is InChI=1S/C38H47N3O7/c1-5-7-18-31(43)47-24-28(27-16-12-9-13-17-27)39-35(44)32-30-19-20-38(48-30)33(32)36(45)41(29(23-42)25(3)4)34(38)37(46)40(21-6-2)22-26-14-10-8-11-15-26/h5-6,8-17,25,28-30,32-34,42H,1-2,7,18-24H2,3-4H3,(H,39,44)/t28-,29+,30-,32+,33+,34-,38+/m1/s1. The highest BCUT2D eigenvalue weighted by Gasteiger charge is 2.75. The molecule has 0 unspecified atom stereocenters. The lowest BCUT2D eigenvalue weighted by Crippen LogP contribution is -2.59. The number of carbonyl (C=O) groups excluding carboxylic acids is 4. The minimum atomic E-state index is -1.24. The Bertz CT molecular complexity index is 1480. The summed E-state index contributed by atoms with van der Waals surface area (Å²) in [5, 5.41) is 13.6. The molecule has 0 aliphatic carbocycles. The maximum atomic E-state index is 14.7. The van der Waals surface area contributed by atoms with Crippen LogP contribution in [-0.4, -0.2) is 82.1 Å². The molecule has 10 heteroatoms. The molecule has 10 nitrogen and oxygen atoms in total. The number of hydrogen-bond donors (Lipinski definition) is 2. The summed E-state index contributed by atoms with van der Waals surface area (Å²) in [5.41, 5.74) is 0.430. The van der Waals surface area contributed by atoms with Crippen molar-refractivity contribution >= 4 is 23.7 Å². The fourth-order valence-electron chi connectivity index (χ4n) is 7.66. The Morgan fingerprint density at radius 3 is 2.42 bits per heavy atom. The number of amides is 3. The molecule has 2 bridgehead atoms. The Morgan fingerprint density at radius 1 is 1.10 bits per heavy atom. The van der Waals surface area contributed by atoms with Gasteiger partial charge in [-0.1, -0.05) is 86.7 Å². The van der Waals surface area contributed by atoms with Crippen molar-refractivity contribution in [3.05, 3.63) is 97.1 Å². The van der Waals surface area contributed by atoms with E-state index in [1.807, 2.05) is 74.5 Å². The van der Waals surface area contributed by atoms with Crippen molar-refractivity contribution in [1.29, 1.82) is 0 Å². The smallest absolute Gasteiger partial charge is 0.306 e. The predicted molar refractivity (Wildman–Crippen MR) is 180 cm³/mol. The van der Waals surface area contributed by atoms with Gasteiger partial charge in [-0.05, 0) is 36.3 Å². The second kappa shape index (κ2) is 15.3. The summed E-state index contributed by atoms with van der Waals surface area (Å²) in [6.45, 7) is 11.4. The van der Waals surface area contributed by atoms with E-state index in [0.29, 0.717) is 25.8 Å². The fraction of sp³-hybridized carbons (Fsp3) is 0.474. The van der Waals surface area contributed by atoms with E-state index >= 15 is 0 Å². The molecule has 2 N–H and O–H groups in total. The van der Waals surface area contributed by atoms with Gasteiger partial charge >= 0.3 is 5.97 Å². The van der Waals surface area contributed by atoms with Crippen LogP contribution in [0.4, 0.5) is 0 Å². The number of allylic oxidation sites excluding steroid dienone is 1. The molecular formula is C38H47N3O7. The molecule has 3 aliphatic rings. The summed E-state index contributed by atoms with van der Waals surface area (Å²) >= 11 is 0. The molecule has 3 heterocycles. The Hall–Kier alpha value is -4.28. The van der Waals surface area contributed by atoms with Crippen molar-refractivity contribution in [3.63, 3.8) is 0 Å². The molecule has 0 saturated carbocycles. The second-order valence-corrected chi connectivity index (χ2v) is 13.3. The molecule has 5 rings (SSSR count). The van der Waals surface area contributed by atoms with Crippen LogP contribution in [0, 0.1) is 17.8 Å². The van der Waals surface area contributed by atoms with Crippen molar-refractivity contribution in [2.24, 2.45) is 17.8 Å². The lowest BCUT2D eigenvalue weighted by Gasteiger charge is -2.40. The van der Waals surface area contributed by atoms with E-state index in [1.165, 1.54) is 4.90 Å². The number of rotatable bonds is 16. The van der Waals surface area contributed by atoms with Gasteiger partial charge in [0.2, 0.25) is 17.7 Å². The normalized spacial score (nSPS) is 25.3. The van der Waals surface area contributed by atoms with Crippen molar-refractivity contribution in [3.8, 4) is 0 Å². The van der Waals surface area contributed by atoms with Gasteiger partial charge in [0.1, 0.15) is 18.2 Å². The minimum Gasteiger partial charge on any atom is -0.463 e. The average Bonchev–Trinajstić information content (AvgIpc) is 3.73. The lowest BCUT2D eigenvalue weighted by molar-refractivity contribution is -0.152. The fourth-order valence-corrected chi connectivity index (χ4v) is 7.66. The third-order valence-corrected chi connectivity index (χ3v) is 9.95. The molecule has 256 valence electrons. The number of likely N-dealkylation sites (tertiary alicyclic amines) is 1. The number of aliphatic hydroxyl groups excluding tert-OH is 1. The zero-order chi connectivity index (χ0) is 34.4. The maximum Gasteiger partial charge on any atom is 0.306 e. The maximum absolute atomic E-state index is 14.7. The van der Waals surface area contributed by atoms with E-state index in [9.17, 15) is 24.3 Å². The van der Waals surface area contributed by atoms with E-state index in [0.717, 1.165) is 11.1 Å². The number of fused-ring (bicyclic) bond motifs is 1. The minimum absolute atomic E-state index is 0.0864. The topological polar surface area (TPSA) is 125 Å². The highest BCUT2D eigenvalue weighted by molar-refractivity contribution is 5.99. The van der Waals surface area contributed by atoms with Gasteiger partial charge in [-0.2, -0.15) is 0 Å². The third-order valence-electron chi connectivity index (χ3n) is 9.95. The van der Waals surface area contributed by atoms with Gasteiger partial charge in [0.05, 0.1) is 36.6 Å². The van der Waals surface area contributed by atoms with Crippen molar-refractivity contribution in [1.82, 2.24) is 15.1 Å². The zero-order valence-electron chi connectivity index (χ0n) is 27.8. The number of nitrogens with one attached hydrogen (secondary N) is 1. The molecule has 0 radical (unpaired) electrons. The molecule has 2 aromatic rings. The van der Waals surface area contributed by atoms with Crippen LogP contribution in [0.25, 0.3) is 0 Å². The van der Waals surface area contributed by atoms with Crippen LogP contribution >= 0.6 is 0 Å². The van der Waals surface area contributed by atoms with Crippen molar-refractivity contribution < 1.29 is 33.8 Å². The summed E-state index contributed by atoms with van der Waals surface area (Å²) in [6, 6.07) is 16.4. The molecule has 2 aromatic carbocycles. The first-order chi connectivity index (χ1) is 23.2. The van der Waals surface area contributed by atoms with E-state index in [1.54, 1.807) is 17.1 Å². The van der Waals surface area contributed by atoms with Gasteiger partial charge in [0, 0.05) is 19.5 Å². The van der Waals surface area contributed by atoms with Crippen LogP contribution in [0.15, 0.2) is 86.0 Å². The van der Waals surface area contributed by atoms with E-state index < -0.39 is 53.5 Å². The third kappa shape index (κ3) is 6.82. The molecule has 7 atom stereocenters. The van der Waals surface area contributed by atoms with Gasteiger partial charge in [0.25, 0.3) is 0 Å². The van der Waals surface area contributed by atoms with Crippen LogP contribution in [0.1, 0.15) is 56.7 Å². The van der Waals surface area contributed by atoms with Crippen LogP contribution < -0.4 is 5.32 Å². The first kappa shape index (κ1) is 35.0. The molecule has 3 fully saturated rings. The van der Waals surface area contributed by atoms with Crippen LogP contribution in [-0.2, 0) is 35.2 Å². The predicted octanol–water partition coefficient (Wildman–Crippen LogP) is 3.96. The molecule has 0 aromatic heterocycles. The van der Waals surface area contributed by atoms with Gasteiger partial charge in [-0.3, -0.25) is 19.2 Å². The van der Waals surface area contributed by atoms with Gasteiger partial charge in [-0.25, -0.2) is 0 Å². The number of esters is 1. The number of aliphatic hydroxyl groups is 1. The monoisotopic (exact) mass is 657 g/mol. The number of benzene rings is 2. The highest BCUT2D eigenvalue weighted by atomic mass is 16.5. The summed E-state index contributed by atoms with van der Waals surface area (Å²) in [7, 11) is 0. The average molecular weight is 658 g/mol. The summed E-state index contributed by atoms with van der Waals surface area (Å²) < 4.78 is 12.2. The molecule has 3 saturated heterocycles. The van der Waals surface area contributed by atoms with E-state index in [2.05, 4.69) is 18.5 Å². The number of ether oxygens (including phenoxy) is 2. The summed E-state index contributed by atoms with van der Waals surface area (Å²) in [6.07, 6.45) is 4.30. The molecule has 3 aliphatic heterocycles. The van der Waals surface area contributed by atoms with E-state index in [4.69, 9.17) is 9.47 Å². The van der Waals surface area contributed by atoms with Crippen LogP contribution in [0.2, 0.25) is 0 Å². The number of hydrogen-bond acceptors (Lipinski definition) is 7. The Labute approximate surface area is 282 Å². The summed E-state index contributed by atoms with van der Waals surface area (Å²) in [5.74, 6) is -3.44.